The fourth-order valence-corrected chi connectivity index (χ4v) is 2.25. The molecule has 1 aliphatic rings. The summed E-state index contributed by atoms with van der Waals surface area (Å²) in [7, 11) is 0. The molecule has 4 heteroatoms. The number of nitrogens with zero attached hydrogens (tertiary/aromatic N) is 1. The minimum atomic E-state index is -0.136. The first kappa shape index (κ1) is 14.5. The number of hydrogen-bond acceptors (Lipinski definition) is 4. The molecule has 0 aromatic heterocycles. The van der Waals surface area contributed by atoms with Gasteiger partial charge in [0.2, 0.25) is 0 Å². The molecule has 0 bridgehead atoms. The summed E-state index contributed by atoms with van der Waals surface area (Å²) in [5, 5.41) is 9.51. The van der Waals surface area contributed by atoms with E-state index in [1.54, 1.807) is 0 Å². The molecule has 0 aromatic rings. The average molecular weight is 243 g/mol. The Kier molecular flexibility index (Phi) is 7.21. The van der Waals surface area contributed by atoms with Gasteiger partial charge in [0.1, 0.15) is 0 Å². The second kappa shape index (κ2) is 8.48. The maximum Gasteiger partial charge on any atom is 0.305 e. The van der Waals surface area contributed by atoms with Crippen molar-refractivity contribution in [2.24, 2.45) is 0 Å². The fraction of sp³-hybridized carbons (Fsp3) is 0.923. The number of carbonyl (C=O) groups excluding carboxylic acids is 1. The smallest absolute Gasteiger partial charge is 0.305 e. The number of hydrogen-bond donors (Lipinski definition) is 1. The lowest BCUT2D eigenvalue weighted by molar-refractivity contribution is -0.143. The maximum atomic E-state index is 11.1. The van der Waals surface area contributed by atoms with Gasteiger partial charge in [-0.1, -0.05) is 6.42 Å². The van der Waals surface area contributed by atoms with E-state index >= 15 is 0 Å². The van der Waals surface area contributed by atoms with E-state index in [-0.39, 0.29) is 12.1 Å². The van der Waals surface area contributed by atoms with Crippen LogP contribution in [-0.2, 0) is 9.53 Å². The lowest BCUT2D eigenvalue weighted by Gasteiger charge is -2.29. The van der Waals surface area contributed by atoms with Gasteiger partial charge in [-0.2, -0.15) is 0 Å². The lowest BCUT2D eigenvalue weighted by Crippen LogP contribution is -2.38. The molecule has 0 saturated carbocycles. The molecule has 1 aliphatic heterocycles. The van der Waals surface area contributed by atoms with Crippen LogP contribution in [0, 0.1) is 0 Å². The van der Waals surface area contributed by atoms with Gasteiger partial charge in [-0.05, 0) is 45.7 Å². The van der Waals surface area contributed by atoms with E-state index in [4.69, 9.17) is 4.74 Å². The number of carbonyl (C=O) groups is 1. The van der Waals surface area contributed by atoms with Gasteiger partial charge in [0.05, 0.1) is 12.7 Å². The van der Waals surface area contributed by atoms with Crippen molar-refractivity contribution in [1.82, 2.24) is 4.90 Å². The largest absolute Gasteiger partial charge is 0.466 e. The molecule has 4 nitrogen and oxygen atoms in total. The Labute approximate surface area is 104 Å². The summed E-state index contributed by atoms with van der Waals surface area (Å²) in [4.78, 5) is 13.4. The first-order valence-corrected chi connectivity index (χ1v) is 6.78. The van der Waals surface area contributed by atoms with Crippen LogP contribution in [0.5, 0.6) is 0 Å². The van der Waals surface area contributed by atoms with Crippen LogP contribution in [0.3, 0.4) is 0 Å². The predicted molar refractivity (Wildman–Crippen MR) is 66.8 cm³/mol. The minimum Gasteiger partial charge on any atom is -0.466 e. The molecular formula is C13H25NO3. The number of aliphatic hydroxyl groups excluding tert-OH is 1. The Morgan fingerprint density at radius 2 is 2.24 bits per heavy atom. The highest BCUT2D eigenvalue weighted by Crippen LogP contribution is 2.11. The zero-order valence-electron chi connectivity index (χ0n) is 10.9. The molecular weight excluding hydrogens is 218 g/mol. The number of rotatable bonds is 7. The summed E-state index contributed by atoms with van der Waals surface area (Å²) in [6.07, 6.45) is 5.52. The van der Waals surface area contributed by atoms with Gasteiger partial charge in [-0.15, -0.1) is 0 Å². The van der Waals surface area contributed by atoms with Gasteiger partial charge in [-0.3, -0.25) is 4.79 Å². The van der Waals surface area contributed by atoms with Crippen LogP contribution in [0.2, 0.25) is 0 Å². The zero-order chi connectivity index (χ0) is 12.5. The third-order valence-electron chi connectivity index (χ3n) is 3.14. The minimum absolute atomic E-state index is 0.0825. The number of β-amino-alcohol motifs (C(OH)–C–C–N with tert-alkyl or cyclic N) is 1. The number of unbranched alkanes of at least 4 members (excludes halogenated alkanes) is 2. The predicted octanol–water partition coefficient (Wildman–Crippen LogP) is 1.57. The van der Waals surface area contributed by atoms with Gasteiger partial charge in [0.15, 0.2) is 0 Å². The zero-order valence-corrected chi connectivity index (χ0v) is 10.9. The normalized spacial score (nSPS) is 21.4. The summed E-state index contributed by atoms with van der Waals surface area (Å²) < 4.78 is 4.87. The molecule has 1 rings (SSSR count). The molecule has 1 atom stereocenters. The van der Waals surface area contributed by atoms with E-state index in [2.05, 4.69) is 4.90 Å². The highest BCUT2D eigenvalue weighted by molar-refractivity contribution is 5.69. The Balaban J connectivity index is 1.95. The van der Waals surface area contributed by atoms with Crippen LogP contribution in [0.25, 0.3) is 0 Å². The Morgan fingerprint density at radius 1 is 1.41 bits per heavy atom. The molecule has 0 radical (unpaired) electrons. The standard InChI is InChI=1S/C13H25NO3/c1-2-17-13(16)8-4-3-5-9-14-10-6-7-12(15)11-14/h12,15H,2-11H2,1H3. The van der Waals surface area contributed by atoms with Crippen LogP contribution >= 0.6 is 0 Å². The number of ether oxygens (including phenoxy) is 1. The molecule has 1 fully saturated rings. The first-order valence-electron chi connectivity index (χ1n) is 6.78. The van der Waals surface area contributed by atoms with Gasteiger partial charge in [0.25, 0.3) is 0 Å². The van der Waals surface area contributed by atoms with Crippen molar-refractivity contribution < 1.29 is 14.6 Å². The molecule has 0 amide bonds. The second-order valence-corrected chi connectivity index (χ2v) is 4.71. The summed E-state index contributed by atoms with van der Waals surface area (Å²) in [5.41, 5.74) is 0. The molecule has 0 aromatic carbocycles. The van der Waals surface area contributed by atoms with Gasteiger partial charge in [-0.25, -0.2) is 0 Å². The van der Waals surface area contributed by atoms with Crippen LogP contribution in [0.15, 0.2) is 0 Å². The van der Waals surface area contributed by atoms with Crippen molar-refractivity contribution in [3.05, 3.63) is 0 Å². The number of esters is 1. The second-order valence-electron chi connectivity index (χ2n) is 4.71. The van der Waals surface area contributed by atoms with Gasteiger partial charge in [0, 0.05) is 13.0 Å². The summed E-state index contributed by atoms with van der Waals surface area (Å²) in [6.45, 7) is 5.27. The Morgan fingerprint density at radius 3 is 2.94 bits per heavy atom. The molecule has 0 aliphatic carbocycles. The molecule has 1 saturated heterocycles. The number of aliphatic hydroxyl groups is 1. The Bertz CT molecular complexity index is 221. The first-order chi connectivity index (χ1) is 8.22. The van der Waals surface area contributed by atoms with Gasteiger partial charge >= 0.3 is 5.97 Å². The van der Waals surface area contributed by atoms with Crippen molar-refractivity contribution in [3.63, 3.8) is 0 Å². The maximum absolute atomic E-state index is 11.1. The van der Waals surface area contributed by atoms with Crippen LogP contribution in [0.4, 0.5) is 0 Å². The monoisotopic (exact) mass is 243 g/mol. The SMILES string of the molecule is CCOC(=O)CCCCCN1CCCC(O)C1. The van der Waals surface area contributed by atoms with Crippen molar-refractivity contribution in [2.75, 3.05) is 26.2 Å². The Hall–Kier alpha value is -0.610. The topological polar surface area (TPSA) is 49.8 Å². The van der Waals surface area contributed by atoms with Gasteiger partial charge < -0.3 is 14.7 Å². The van der Waals surface area contributed by atoms with Crippen LogP contribution in [0.1, 0.15) is 45.4 Å². The van der Waals surface area contributed by atoms with E-state index in [0.29, 0.717) is 13.0 Å². The van der Waals surface area contributed by atoms with E-state index in [1.165, 1.54) is 0 Å². The van der Waals surface area contributed by atoms with Crippen LogP contribution in [-0.4, -0.2) is 48.3 Å². The average Bonchev–Trinajstić information content (AvgIpc) is 2.29. The molecule has 17 heavy (non-hydrogen) atoms. The molecule has 1 unspecified atom stereocenters. The highest BCUT2D eigenvalue weighted by atomic mass is 16.5. The highest BCUT2D eigenvalue weighted by Gasteiger charge is 2.16. The van der Waals surface area contributed by atoms with E-state index in [1.807, 2.05) is 6.92 Å². The quantitative estimate of drug-likeness (QED) is 0.544. The molecule has 0 spiro atoms. The lowest BCUT2D eigenvalue weighted by atomic mass is 10.1. The summed E-state index contributed by atoms with van der Waals surface area (Å²) >= 11 is 0. The molecule has 100 valence electrons. The summed E-state index contributed by atoms with van der Waals surface area (Å²) in [5.74, 6) is -0.0825. The van der Waals surface area contributed by atoms with Crippen molar-refractivity contribution >= 4 is 5.97 Å². The molecule has 1 heterocycles. The van der Waals surface area contributed by atoms with Crippen molar-refractivity contribution in [2.45, 2.75) is 51.6 Å². The van der Waals surface area contributed by atoms with E-state index in [9.17, 15) is 9.90 Å². The number of likely N-dealkylation sites (tertiary alicyclic amines) is 1. The summed E-state index contributed by atoms with van der Waals surface area (Å²) in [6, 6.07) is 0. The van der Waals surface area contributed by atoms with Crippen LogP contribution < -0.4 is 0 Å². The molecule has 1 N–H and O–H groups in total. The fourth-order valence-electron chi connectivity index (χ4n) is 2.25. The third kappa shape index (κ3) is 6.64. The van der Waals surface area contributed by atoms with Crippen molar-refractivity contribution in [1.29, 1.82) is 0 Å². The third-order valence-corrected chi connectivity index (χ3v) is 3.14. The number of piperidine rings is 1. The van der Waals surface area contributed by atoms with E-state index < -0.39 is 0 Å². The van der Waals surface area contributed by atoms with Crippen molar-refractivity contribution in [3.8, 4) is 0 Å². The van der Waals surface area contributed by atoms with E-state index in [0.717, 1.165) is 51.7 Å².